The third-order valence-electron chi connectivity index (χ3n) is 6.92. The van der Waals surface area contributed by atoms with Crippen LogP contribution < -0.4 is 5.32 Å². The number of aryl methyl sites for hydroxylation is 1. The number of likely N-dealkylation sites (N-methyl/N-ethyl adjacent to an activating group) is 1. The maximum Gasteiger partial charge on any atom is 0.338 e. The first kappa shape index (κ1) is 24.3. The first-order valence-electron chi connectivity index (χ1n) is 12.4. The molecule has 8 heteroatoms. The summed E-state index contributed by atoms with van der Waals surface area (Å²) in [5.74, 6) is 0.0724. The van der Waals surface area contributed by atoms with Gasteiger partial charge in [0, 0.05) is 50.4 Å². The summed E-state index contributed by atoms with van der Waals surface area (Å²) in [5, 5.41) is 3.02. The molecule has 1 aromatic rings. The van der Waals surface area contributed by atoms with E-state index in [0.29, 0.717) is 44.0 Å². The van der Waals surface area contributed by atoms with E-state index < -0.39 is 12.0 Å². The smallest absolute Gasteiger partial charge is 0.338 e. The molecule has 1 saturated carbocycles. The zero-order valence-electron chi connectivity index (χ0n) is 20.7. The van der Waals surface area contributed by atoms with Crippen LogP contribution in [0.2, 0.25) is 0 Å². The summed E-state index contributed by atoms with van der Waals surface area (Å²) in [5.41, 5.74) is 3.08. The highest BCUT2D eigenvalue weighted by Crippen LogP contribution is 2.34. The van der Waals surface area contributed by atoms with E-state index in [4.69, 9.17) is 4.74 Å². The molecule has 3 aliphatic rings. The number of rotatable bonds is 7. The first-order valence-corrected chi connectivity index (χ1v) is 12.4. The van der Waals surface area contributed by atoms with Gasteiger partial charge in [0.05, 0.1) is 18.2 Å². The zero-order valence-corrected chi connectivity index (χ0v) is 20.7. The van der Waals surface area contributed by atoms with Gasteiger partial charge in [0.1, 0.15) is 0 Å². The predicted octanol–water partition coefficient (Wildman–Crippen LogP) is 2.84. The lowest BCUT2D eigenvalue weighted by atomic mass is 9.93. The quantitative estimate of drug-likeness (QED) is 0.623. The van der Waals surface area contributed by atoms with Crippen molar-refractivity contribution in [3.63, 3.8) is 0 Å². The highest BCUT2D eigenvalue weighted by Gasteiger charge is 2.40. The van der Waals surface area contributed by atoms with Crippen molar-refractivity contribution < 1.29 is 19.1 Å². The van der Waals surface area contributed by atoms with Crippen LogP contribution >= 0.6 is 0 Å². The van der Waals surface area contributed by atoms with E-state index in [0.717, 1.165) is 24.0 Å². The minimum Gasteiger partial charge on any atom is -0.463 e. The Morgan fingerprint density at radius 2 is 1.94 bits per heavy atom. The molecule has 2 aliphatic heterocycles. The van der Waals surface area contributed by atoms with Crippen molar-refractivity contribution >= 4 is 17.9 Å². The Morgan fingerprint density at radius 1 is 1.18 bits per heavy atom. The van der Waals surface area contributed by atoms with Crippen molar-refractivity contribution in [3.05, 3.63) is 46.7 Å². The second kappa shape index (κ2) is 10.2. The van der Waals surface area contributed by atoms with Crippen LogP contribution in [0.4, 0.5) is 4.79 Å². The SMILES string of the molecule is CCOC(=O)C1=C(CN2CCN(C(=O)C3CC3)C(C)C2)N(CC)C(=O)NC1c1cccc(C)c1. The molecule has 2 heterocycles. The topological polar surface area (TPSA) is 82.2 Å². The van der Waals surface area contributed by atoms with Crippen LogP contribution in [0.5, 0.6) is 0 Å². The van der Waals surface area contributed by atoms with Crippen molar-refractivity contribution in [2.45, 2.75) is 52.6 Å². The number of nitrogens with zero attached hydrogens (tertiary/aromatic N) is 3. The Bertz CT molecular complexity index is 987. The zero-order chi connectivity index (χ0) is 24.4. The fourth-order valence-electron chi connectivity index (χ4n) is 5.04. The summed E-state index contributed by atoms with van der Waals surface area (Å²) in [6.07, 6.45) is 2.00. The van der Waals surface area contributed by atoms with Gasteiger partial charge in [-0.2, -0.15) is 0 Å². The van der Waals surface area contributed by atoms with E-state index in [-0.39, 0.29) is 30.5 Å². The number of hydrogen-bond donors (Lipinski definition) is 1. The van der Waals surface area contributed by atoms with Crippen LogP contribution in [0.15, 0.2) is 35.5 Å². The van der Waals surface area contributed by atoms with Crippen molar-refractivity contribution in [1.82, 2.24) is 20.0 Å². The van der Waals surface area contributed by atoms with E-state index in [1.807, 2.05) is 43.0 Å². The molecule has 34 heavy (non-hydrogen) atoms. The number of carbonyl (C=O) groups is 3. The Morgan fingerprint density at radius 3 is 2.56 bits per heavy atom. The highest BCUT2D eigenvalue weighted by atomic mass is 16.5. The summed E-state index contributed by atoms with van der Waals surface area (Å²) >= 11 is 0. The number of carbonyl (C=O) groups excluding carboxylic acids is 3. The van der Waals surface area contributed by atoms with Crippen molar-refractivity contribution in [2.75, 3.05) is 39.3 Å². The van der Waals surface area contributed by atoms with Crippen LogP contribution in [-0.2, 0) is 14.3 Å². The minimum atomic E-state index is -0.570. The van der Waals surface area contributed by atoms with Gasteiger partial charge in [-0.25, -0.2) is 9.59 Å². The molecule has 8 nitrogen and oxygen atoms in total. The monoisotopic (exact) mass is 468 g/mol. The molecule has 4 rings (SSSR count). The lowest BCUT2D eigenvalue weighted by Gasteiger charge is -2.43. The van der Waals surface area contributed by atoms with Gasteiger partial charge in [-0.3, -0.25) is 14.6 Å². The molecule has 1 aromatic carbocycles. The fraction of sp³-hybridized carbons (Fsp3) is 0.577. The normalized spacial score (nSPS) is 23.7. The summed E-state index contributed by atoms with van der Waals surface area (Å²) in [7, 11) is 0. The molecule has 0 radical (unpaired) electrons. The number of nitrogens with one attached hydrogen (secondary N) is 1. The molecular formula is C26H36N4O4. The third-order valence-corrected chi connectivity index (χ3v) is 6.92. The molecule has 1 aliphatic carbocycles. The number of ether oxygens (including phenoxy) is 1. The molecular weight excluding hydrogens is 432 g/mol. The Hall–Kier alpha value is -2.87. The average molecular weight is 469 g/mol. The van der Waals surface area contributed by atoms with Gasteiger partial charge >= 0.3 is 12.0 Å². The molecule has 184 valence electrons. The molecule has 1 saturated heterocycles. The number of piperazine rings is 1. The summed E-state index contributed by atoms with van der Waals surface area (Å²) < 4.78 is 5.47. The van der Waals surface area contributed by atoms with Gasteiger partial charge in [-0.1, -0.05) is 29.8 Å². The van der Waals surface area contributed by atoms with Gasteiger partial charge in [0.15, 0.2) is 0 Å². The first-order chi connectivity index (χ1) is 16.3. The van der Waals surface area contributed by atoms with Crippen molar-refractivity contribution in [1.29, 1.82) is 0 Å². The number of esters is 1. The molecule has 0 bridgehead atoms. The average Bonchev–Trinajstić information content (AvgIpc) is 3.64. The third kappa shape index (κ3) is 4.97. The van der Waals surface area contributed by atoms with Crippen LogP contribution in [0, 0.1) is 12.8 Å². The van der Waals surface area contributed by atoms with E-state index in [2.05, 4.69) is 17.1 Å². The van der Waals surface area contributed by atoms with Crippen LogP contribution in [-0.4, -0.2) is 78.0 Å². The molecule has 0 spiro atoms. The van der Waals surface area contributed by atoms with E-state index in [1.165, 1.54) is 0 Å². The number of urea groups is 1. The van der Waals surface area contributed by atoms with E-state index >= 15 is 0 Å². The lowest BCUT2D eigenvalue weighted by Crippen LogP contribution is -2.56. The van der Waals surface area contributed by atoms with Crippen LogP contribution in [0.3, 0.4) is 0 Å². The van der Waals surface area contributed by atoms with E-state index in [1.54, 1.807) is 11.8 Å². The Labute approximate surface area is 201 Å². The second-order valence-corrected chi connectivity index (χ2v) is 9.51. The maximum absolute atomic E-state index is 13.2. The molecule has 2 fully saturated rings. The number of amides is 3. The van der Waals surface area contributed by atoms with Gasteiger partial charge in [-0.15, -0.1) is 0 Å². The van der Waals surface area contributed by atoms with Gasteiger partial charge in [0.2, 0.25) is 5.91 Å². The summed E-state index contributed by atoms with van der Waals surface area (Å²) in [4.78, 5) is 44.9. The van der Waals surface area contributed by atoms with Crippen molar-refractivity contribution in [3.8, 4) is 0 Å². The lowest BCUT2D eigenvalue weighted by molar-refractivity contribution is -0.139. The number of benzene rings is 1. The fourth-order valence-corrected chi connectivity index (χ4v) is 5.04. The summed E-state index contributed by atoms with van der Waals surface area (Å²) in [6, 6.07) is 7.16. The van der Waals surface area contributed by atoms with Gasteiger partial charge in [-0.05, 0) is 46.1 Å². The molecule has 2 unspecified atom stereocenters. The van der Waals surface area contributed by atoms with Gasteiger partial charge in [0.25, 0.3) is 0 Å². The van der Waals surface area contributed by atoms with Crippen molar-refractivity contribution in [2.24, 2.45) is 5.92 Å². The Kier molecular flexibility index (Phi) is 7.26. The molecule has 0 aromatic heterocycles. The van der Waals surface area contributed by atoms with E-state index in [9.17, 15) is 14.4 Å². The molecule has 2 atom stereocenters. The second-order valence-electron chi connectivity index (χ2n) is 9.51. The van der Waals surface area contributed by atoms with Gasteiger partial charge < -0.3 is 15.0 Å². The Balaban J connectivity index is 1.66. The predicted molar refractivity (Wildman–Crippen MR) is 129 cm³/mol. The molecule has 3 amide bonds. The highest BCUT2D eigenvalue weighted by molar-refractivity contribution is 5.95. The standard InChI is InChI=1S/C26H36N4O4/c1-5-29-21(16-28-12-13-30(18(4)15-28)24(31)19-10-11-19)22(25(32)34-6-2)23(27-26(29)33)20-9-7-8-17(3)14-20/h7-9,14,18-19,23H,5-6,10-13,15-16H2,1-4H3,(H,27,33). The molecule has 1 N–H and O–H groups in total. The largest absolute Gasteiger partial charge is 0.463 e. The minimum absolute atomic E-state index is 0.0913. The van der Waals surface area contributed by atoms with Crippen LogP contribution in [0.25, 0.3) is 0 Å². The maximum atomic E-state index is 13.2. The number of hydrogen-bond acceptors (Lipinski definition) is 5. The van der Waals surface area contributed by atoms with Crippen LogP contribution in [0.1, 0.15) is 50.8 Å². The summed E-state index contributed by atoms with van der Waals surface area (Å²) in [6.45, 7) is 11.0.